The molecule has 6 heteroatoms. The van der Waals surface area contributed by atoms with Gasteiger partial charge >= 0.3 is 0 Å². The molecule has 0 fully saturated rings. The number of phenols is 1. The summed E-state index contributed by atoms with van der Waals surface area (Å²) in [6.07, 6.45) is 1.91. The molecule has 0 unspecified atom stereocenters. The predicted octanol–water partition coefficient (Wildman–Crippen LogP) is 8.30. The van der Waals surface area contributed by atoms with Crippen LogP contribution in [0.3, 0.4) is 0 Å². The Labute approximate surface area is 240 Å². The molecule has 3 heterocycles. The Hall–Kier alpha value is -4.21. The largest absolute Gasteiger partial charge is 0.506 e. The number of nitrogens with zero attached hydrogens (tertiary/aromatic N) is 3. The number of rotatable bonds is 4. The van der Waals surface area contributed by atoms with E-state index in [9.17, 15) is 5.11 Å². The number of hydrogen-bond acceptors (Lipinski definition) is 4. The van der Waals surface area contributed by atoms with Crippen LogP contribution in [0, 0.1) is 6.07 Å². The maximum absolute atomic E-state index is 10.5. The van der Waals surface area contributed by atoms with Crippen molar-refractivity contribution in [3.8, 4) is 23.2 Å². The van der Waals surface area contributed by atoms with Crippen LogP contribution in [0.5, 0.6) is 17.4 Å². The zero-order valence-electron chi connectivity index (χ0n) is 21.3. The van der Waals surface area contributed by atoms with E-state index >= 15 is 0 Å². The summed E-state index contributed by atoms with van der Waals surface area (Å²) >= 11 is 0. The van der Waals surface area contributed by atoms with E-state index in [1.165, 1.54) is 0 Å². The Bertz CT molecular complexity index is 2010. The summed E-state index contributed by atoms with van der Waals surface area (Å²) in [5.74, 6) is 2.15. The van der Waals surface area contributed by atoms with Gasteiger partial charge in [0, 0.05) is 55.4 Å². The van der Waals surface area contributed by atoms with Gasteiger partial charge in [0.05, 0.1) is 0 Å². The van der Waals surface area contributed by atoms with Crippen LogP contribution in [-0.2, 0) is 21.1 Å². The Morgan fingerprint density at radius 3 is 2.44 bits per heavy atom. The second kappa shape index (κ2) is 9.83. The number of aromatic nitrogens is 3. The van der Waals surface area contributed by atoms with Crippen molar-refractivity contribution >= 4 is 43.5 Å². The van der Waals surface area contributed by atoms with Gasteiger partial charge in [-0.15, -0.1) is 17.5 Å². The average Bonchev–Trinajstić information content (AvgIpc) is 3.26. The molecule has 7 aromatic rings. The Morgan fingerprint density at radius 2 is 1.59 bits per heavy atom. The SMILES string of the molecule is CC(C)c1cc(Oc2[c-]c3c(cc2)c2ccccc2n3-c2cc3ccccc3cn2)nc2c(O)cccc12.[Pt]. The van der Waals surface area contributed by atoms with Crippen LogP contribution in [0.4, 0.5) is 0 Å². The van der Waals surface area contributed by atoms with Crippen molar-refractivity contribution in [1.29, 1.82) is 0 Å². The predicted molar refractivity (Wildman–Crippen MR) is 152 cm³/mol. The third-order valence-corrected chi connectivity index (χ3v) is 7.07. The van der Waals surface area contributed by atoms with Crippen molar-refractivity contribution in [2.75, 3.05) is 0 Å². The standard InChI is InChI=1S/C33H24N3O2.Pt/c1-20(2)27-18-32(35-33-26(27)11-7-13-30(33)37)38-23-14-15-25-24-10-5-6-12-28(24)36(29(25)17-23)31-16-21-8-3-4-9-22(21)19-34-31;/h3-16,18-20,37H,1-2H3;/q-1;. The molecule has 39 heavy (non-hydrogen) atoms. The van der Waals surface area contributed by atoms with Crippen molar-refractivity contribution in [3.05, 3.63) is 109 Å². The molecular weight excluding hydrogens is 665 g/mol. The number of hydrogen-bond donors (Lipinski definition) is 1. The van der Waals surface area contributed by atoms with Crippen LogP contribution >= 0.6 is 0 Å². The molecule has 0 spiro atoms. The number of fused-ring (bicyclic) bond motifs is 5. The normalized spacial score (nSPS) is 11.5. The molecule has 7 rings (SSSR count). The van der Waals surface area contributed by atoms with Gasteiger partial charge in [0.25, 0.3) is 0 Å². The van der Waals surface area contributed by atoms with E-state index in [1.807, 2.05) is 54.7 Å². The quantitative estimate of drug-likeness (QED) is 0.189. The first-order valence-corrected chi connectivity index (χ1v) is 12.7. The van der Waals surface area contributed by atoms with Gasteiger partial charge in [0.15, 0.2) is 0 Å². The fourth-order valence-electron chi connectivity index (χ4n) is 5.24. The third kappa shape index (κ3) is 4.24. The molecule has 1 N–H and O–H groups in total. The average molecular weight is 690 g/mol. The van der Waals surface area contributed by atoms with E-state index in [4.69, 9.17) is 9.72 Å². The van der Waals surface area contributed by atoms with Crippen molar-refractivity contribution in [2.24, 2.45) is 0 Å². The van der Waals surface area contributed by atoms with Gasteiger partial charge in [-0.3, -0.25) is 0 Å². The van der Waals surface area contributed by atoms with Crippen LogP contribution in [0.15, 0.2) is 97.2 Å². The molecule has 0 aliphatic rings. The molecule has 0 bridgehead atoms. The van der Waals surface area contributed by atoms with Crippen molar-refractivity contribution in [1.82, 2.24) is 14.5 Å². The number of benzene rings is 4. The van der Waals surface area contributed by atoms with Gasteiger partial charge in [-0.25, -0.2) is 9.97 Å². The van der Waals surface area contributed by atoms with E-state index in [0.29, 0.717) is 17.1 Å². The minimum Gasteiger partial charge on any atom is -0.506 e. The van der Waals surface area contributed by atoms with E-state index in [2.05, 4.69) is 65.9 Å². The van der Waals surface area contributed by atoms with Crippen LogP contribution in [0.1, 0.15) is 25.3 Å². The Balaban J connectivity index is 0.00000277. The molecule has 0 atom stereocenters. The van der Waals surface area contributed by atoms with Gasteiger partial charge in [0.2, 0.25) is 5.88 Å². The maximum atomic E-state index is 10.5. The maximum Gasteiger partial charge on any atom is 0.217 e. The van der Waals surface area contributed by atoms with Crippen LogP contribution in [0.2, 0.25) is 0 Å². The topological polar surface area (TPSA) is 60.2 Å². The van der Waals surface area contributed by atoms with Gasteiger partial charge in [-0.05, 0) is 40.5 Å². The zero-order valence-corrected chi connectivity index (χ0v) is 23.6. The van der Waals surface area contributed by atoms with Gasteiger partial charge in [0.1, 0.15) is 17.1 Å². The summed E-state index contributed by atoms with van der Waals surface area (Å²) in [6, 6.07) is 33.5. The number of ether oxygens (including phenoxy) is 1. The van der Waals surface area contributed by atoms with Crippen LogP contribution < -0.4 is 4.74 Å². The minimum atomic E-state index is 0. The number of pyridine rings is 2. The second-order valence-electron chi connectivity index (χ2n) is 9.81. The molecule has 194 valence electrons. The summed E-state index contributed by atoms with van der Waals surface area (Å²) in [5.41, 5.74) is 3.52. The third-order valence-electron chi connectivity index (χ3n) is 7.07. The first-order chi connectivity index (χ1) is 18.6. The molecule has 0 radical (unpaired) electrons. The molecule has 0 amide bonds. The van der Waals surface area contributed by atoms with Crippen LogP contribution in [0.25, 0.3) is 49.3 Å². The molecular formula is C33H24N3O2Pt-. The number of para-hydroxylation sites is 2. The van der Waals surface area contributed by atoms with Crippen molar-refractivity contribution in [2.45, 2.75) is 19.8 Å². The van der Waals surface area contributed by atoms with Gasteiger partial charge in [-0.1, -0.05) is 74.0 Å². The van der Waals surface area contributed by atoms with E-state index in [0.717, 1.165) is 49.3 Å². The summed E-state index contributed by atoms with van der Waals surface area (Å²) < 4.78 is 8.41. The van der Waals surface area contributed by atoms with E-state index in [1.54, 1.807) is 6.07 Å². The van der Waals surface area contributed by atoms with Crippen molar-refractivity contribution in [3.63, 3.8) is 0 Å². The summed E-state index contributed by atoms with van der Waals surface area (Å²) in [6.45, 7) is 4.24. The van der Waals surface area contributed by atoms with Crippen molar-refractivity contribution < 1.29 is 30.9 Å². The number of aromatic hydroxyl groups is 1. The summed E-state index contributed by atoms with van der Waals surface area (Å²) in [4.78, 5) is 9.44. The number of phenolic OH excluding ortho intramolecular Hbond substituents is 1. The fourth-order valence-corrected chi connectivity index (χ4v) is 5.24. The monoisotopic (exact) mass is 689 g/mol. The first kappa shape index (κ1) is 25.1. The summed E-state index contributed by atoms with van der Waals surface area (Å²) in [5, 5.41) is 15.8. The zero-order chi connectivity index (χ0) is 25.8. The Kier molecular flexibility index (Phi) is 6.32. The van der Waals surface area contributed by atoms with Gasteiger partial charge in [-0.2, -0.15) is 6.07 Å². The van der Waals surface area contributed by atoms with Gasteiger partial charge < -0.3 is 14.4 Å². The smallest absolute Gasteiger partial charge is 0.217 e. The first-order valence-electron chi connectivity index (χ1n) is 12.7. The molecule has 3 aromatic heterocycles. The fraction of sp³-hybridized carbons (Fsp3) is 0.0909. The molecule has 0 aliphatic heterocycles. The van der Waals surface area contributed by atoms with E-state index in [-0.39, 0.29) is 32.7 Å². The molecule has 0 saturated carbocycles. The minimum absolute atomic E-state index is 0. The second-order valence-corrected chi connectivity index (χ2v) is 9.81. The molecule has 4 aromatic carbocycles. The summed E-state index contributed by atoms with van der Waals surface area (Å²) in [7, 11) is 0. The molecule has 0 aliphatic carbocycles. The van der Waals surface area contributed by atoms with E-state index < -0.39 is 0 Å². The Morgan fingerprint density at radius 1 is 0.821 bits per heavy atom. The molecule has 0 saturated heterocycles. The molecule has 5 nitrogen and oxygen atoms in total. The van der Waals surface area contributed by atoms with Crippen LogP contribution in [-0.4, -0.2) is 19.6 Å².